The van der Waals surface area contributed by atoms with E-state index in [0.717, 1.165) is 12.7 Å². The van der Waals surface area contributed by atoms with E-state index in [9.17, 15) is 9.59 Å². The van der Waals surface area contributed by atoms with Crippen LogP contribution in [0.15, 0.2) is 48.1 Å². The van der Waals surface area contributed by atoms with E-state index in [1.54, 1.807) is 42.0 Å². The average molecular weight is 271 g/mol. The first kappa shape index (κ1) is 14.0. The van der Waals surface area contributed by atoms with E-state index in [1.807, 2.05) is 12.2 Å². The quantitative estimate of drug-likeness (QED) is 0.819. The third kappa shape index (κ3) is 3.13. The molecule has 1 aliphatic carbocycles. The van der Waals surface area contributed by atoms with Crippen molar-refractivity contribution in [1.82, 2.24) is 4.57 Å². The number of amides is 1. The third-order valence-electron chi connectivity index (χ3n) is 3.13. The van der Waals surface area contributed by atoms with Crippen LogP contribution in [-0.4, -0.2) is 22.8 Å². The van der Waals surface area contributed by atoms with Crippen molar-refractivity contribution in [2.45, 2.75) is 12.5 Å². The van der Waals surface area contributed by atoms with E-state index < -0.39 is 0 Å². The number of nitrogens with one attached hydrogen (secondary N) is 1. The minimum absolute atomic E-state index is 0.0838. The number of hydrogen-bond acceptors (Lipinski definition) is 3. The van der Waals surface area contributed by atoms with Crippen molar-refractivity contribution < 1.29 is 9.59 Å². The van der Waals surface area contributed by atoms with Gasteiger partial charge in [-0.15, -0.1) is 0 Å². The maximum atomic E-state index is 12.2. The number of aldehydes is 1. The molecule has 104 valence electrons. The van der Waals surface area contributed by atoms with Gasteiger partial charge in [-0.25, -0.2) is 0 Å². The van der Waals surface area contributed by atoms with Crippen LogP contribution in [0.2, 0.25) is 0 Å². The molecule has 0 saturated carbocycles. The molecule has 1 heterocycles. The first-order chi connectivity index (χ1) is 9.61. The van der Waals surface area contributed by atoms with E-state index in [0.29, 0.717) is 17.1 Å². The Morgan fingerprint density at radius 1 is 1.50 bits per heavy atom. The predicted octanol–water partition coefficient (Wildman–Crippen LogP) is 1.55. The van der Waals surface area contributed by atoms with E-state index in [-0.39, 0.29) is 11.9 Å². The Morgan fingerprint density at radius 3 is 3.00 bits per heavy atom. The molecule has 5 heteroatoms. The maximum Gasteiger partial charge on any atom is 0.256 e. The monoisotopic (exact) mass is 271 g/mol. The topological polar surface area (TPSA) is 77.1 Å². The van der Waals surface area contributed by atoms with Gasteiger partial charge < -0.3 is 15.6 Å². The zero-order valence-electron chi connectivity index (χ0n) is 11.2. The first-order valence-corrected chi connectivity index (χ1v) is 6.34. The Hall–Kier alpha value is -2.40. The molecular formula is C15H17N3O2. The Kier molecular flexibility index (Phi) is 4.32. The number of nitrogens with zero attached hydrogens (tertiary/aromatic N) is 1. The predicted molar refractivity (Wildman–Crippen MR) is 78.4 cm³/mol. The minimum Gasteiger partial charge on any atom is -0.328 e. The number of rotatable bonds is 3. The number of aromatic nitrogens is 1. The normalized spacial score (nSPS) is 20.7. The van der Waals surface area contributed by atoms with Gasteiger partial charge in [0.05, 0.1) is 5.69 Å². The van der Waals surface area contributed by atoms with Crippen molar-refractivity contribution in [1.29, 1.82) is 0 Å². The summed E-state index contributed by atoms with van der Waals surface area (Å²) >= 11 is 0. The SMILES string of the molecule is Cn1c(C=O)ccc1NC(=O)/C1=C/C=CCC(N)C=C1. The summed E-state index contributed by atoms with van der Waals surface area (Å²) < 4.78 is 1.62. The van der Waals surface area contributed by atoms with Gasteiger partial charge in [0.15, 0.2) is 6.29 Å². The summed E-state index contributed by atoms with van der Waals surface area (Å²) in [5, 5.41) is 2.77. The number of carbonyl (C=O) groups excluding carboxylic acids is 2. The molecule has 2 rings (SSSR count). The van der Waals surface area contributed by atoms with Crippen LogP contribution in [0.4, 0.5) is 5.82 Å². The van der Waals surface area contributed by atoms with Crippen LogP contribution in [0.5, 0.6) is 0 Å². The van der Waals surface area contributed by atoms with Gasteiger partial charge in [-0.1, -0.05) is 24.3 Å². The molecule has 0 saturated heterocycles. The molecule has 3 N–H and O–H groups in total. The molecule has 0 aromatic carbocycles. The zero-order chi connectivity index (χ0) is 14.5. The van der Waals surface area contributed by atoms with Crippen molar-refractivity contribution >= 4 is 18.0 Å². The second-order valence-corrected chi connectivity index (χ2v) is 4.58. The number of anilines is 1. The van der Waals surface area contributed by atoms with Gasteiger partial charge in [0.2, 0.25) is 0 Å². The molecule has 1 aliphatic rings. The molecule has 1 aromatic heterocycles. The van der Waals surface area contributed by atoms with E-state index in [4.69, 9.17) is 5.73 Å². The highest BCUT2D eigenvalue weighted by Gasteiger charge is 2.11. The molecule has 20 heavy (non-hydrogen) atoms. The van der Waals surface area contributed by atoms with Gasteiger partial charge in [0.1, 0.15) is 5.82 Å². The molecular weight excluding hydrogens is 254 g/mol. The van der Waals surface area contributed by atoms with Gasteiger partial charge >= 0.3 is 0 Å². The number of nitrogens with two attached hydrogens (primary N) is 1. The van der Waals surface area contributed by atoms with Crippen molar-refractivity contribution in [2.75, 3.05) is 5.32 Å². The second-order valence-electron chi connectivity index (χ2n) is 4.58. The van der Waals surface area contributed by atoms with Crippen molar-refractivity contribution in [3.63, 3.8) is 0 Å². The van der Waals surface area contributed by atoms with E-state index in [1.165, 1.54) is 0 Å². The number of carbonyl (C=O) groups is 2. The van der Waals surface area contributed by atoms with Crippen LogP contribution in [0.1, 0.15) is 16.9 Å². The Labute approximate surface area is 117 Å². The molecule has 0 aliphatic heterocycles. The second kappa shape index (κ2) is 6.16. The van der Waals surface area contributed by atoms with Crippen LogP contribution in [0, 0.1) is 0 Å². The fourth-order valence-corrected chi connectivity index (χ4v) is 1.88. The zero-order valence-corrected chi connectivity index (χ0v) is 11.2. The van der Waals surface area contributed by atoms with E-state index >= 15 is 0 Å². The summed E-state index contributed by atoms with van der Waals surface area (Å²) in [4.78, 5) is 23.0. The highest BCUT2D eigenvalue weighted by Crippen LogP contribution is 2.13. The largest absolute Gasteiger partial charge is 0.328 e. The third-order valence-corrected chi connectivity index (χ3v) is 3.13. The van der Waals surface area contributed by atoms with Gasteiger partial charge in [0.25, 0.3) is 5.91 Å². The summed E-state index contributed by atoms with van der Waals surface area (Å²) in [6, 6.07) is 3.26. The lowest BCUT2D eigenvalue weighted by Crippen LogP contribution is -2.19. The standard InChI is InChI=1S/C15H17N3O2/c1-18-13(10-19)8-9-14(18)17-15(20)11-4-2-3-5-12(16)7-6-11/h2-4,6-10,12H,5,16H2,1H3,(H,17,20)/b3-2?,7-6?,11-4+. The fourth-order valence-electron chi connectivity index (χ4n) is 1.88. The molecule has 0 fully saturated rings. The molecule has 1 aromatic rings. The van der Waals surface area contributed by atoms with Crippen LogP contribution < -0.4 is 11.1 Å². The van der Waals surface area contributed by atoms with Gasteiger partial charge in [-0.3, -0.25) is 9.59 Å². The molecule has 1 unspecified atom stereocenters. The Bertz CT molecular complexity index is 609. The summed E-state index contributed by atoms with van der Waals surface area (Å²) in [7, 11) is 1.72. The molecule has 1 amide bonds. The Morgan fingerprint density at radius 2 is 2.30 bits per heavy atom. The van der Waals surface area contributed by atoms with Crippen LogP contribution in [-0.2, 0) is 11.8 Å². The highest BCUT2D eigenvalue weighted by molar-refractivity contribution is 6.05. The lowest BCUT2D eigenvalue weighted by molar-refractivity contribution is -0.112. The van der Waals surface area contributed by atoms with Crippen molar-refractivity contribution in [2.24, 2.45) is 12.8 Å². The summed E-state index contributed by atoms with van der Waals surface area (Å²) in [6.07, 6.45) is 10.5. The van der Waals surface area contributed by atoms with Gasteiger partial charge in [0, 0.05) is 18.7 Å². The van der Waals surface area contributed by atoms with Crippen molar-refractivity contribution in [3.8, 4) is 0 Å². The highest BCUT2D eigenvalue weighted by atomic mass is 16.1. The van der Waals surface area contributed by atoms with Crippen molar-refractivity contribution in [3.05, 3.63) is 53.8 Å². The molecule has 0 spiro atoms. The summed E-state index contributed by atoms with van der Waals surface area (Å²) in [5.41, 5.74) is 6.85. The number of hydrogen-bond donors (Lipinski definition) is 2. The van der Waals surface area contributed by atoms with E-state index in [2.05, 4.69) is 5.32 Å². The average Bonchev–Trinajstić information content (AvgIpc) is 2.75. The minimum atomic E-state index is -0.237. The summed E-state index contributed by atoms with van der Waals surface area (Å²) in [5.74, 6) is 0.334. The number of allylic oxidation sites excluding steroid dienone is 2. The van der Waals surface area contributed by atoms with Gasteiger partial charge in [-0.05, 0) is 24.6 Å². The van der Waals surface area contributed by atoms with Crippen LogP contribution in [0.25, 0.3) is 0 Å². The lowest BCUT2D eigenvalue weighted by Gasteiger charge is -2.09. The van der Waals surface area contributed by atoms with Gasteiger partial charge in [-0.2, -0.15) is 0 Å². The van der Waals surface area contributed by atoms with Crippen LogP contribution >= 0.6 is 0 Å². The summed E-state index contributed by atoms with van der Waals surface area (Å²) in [6.45, 7) is 0. The smallest absolute Gasteiger partial charge is 0.256 e. The molecule has 0 radical (unpaired) electrons. The Balaban J connectivity index is 2.16. The molecule has 1 atom stereocenters. The molecule has 5 nitrogen and oxygen atoms in total. The first-order valence-electron chi connectivity index (χ1n) is 6.34. The molecule has 0 bridgehead atoms. The lowest BCUT2D eigenvalue weighted by atomic mass is 10.1. The maximum absolute atomic E-state index is 12.2. The van der Waals surface area contributed by atoms with Crippen LogP contribution in [0.3, 0.4) is 0 Å². The fraction of sp³-hybridized carbons (Fsp3) is 0.200.